The van der Waals surface area contributed by atoms with E-state index in [0.717, 1.165) is 27.6 Å². The molecule has 0 atom stereocenters. The number of carbonyl (C=O) groups excluding carboxylic acids is 1. The van der Waals surface area contributed by atoms with Crippen LogP contribution in [0.4, 0.5) is 0 Å². The maximum absolute atomic E-state index is 13.0. The Morgan fingerprint density at radius 3 is 2.65 bits per heavy atom. The number of nitrogens with zero attached hydrogens (tertiary/aromatic N) is 2. The highest BCUT2D eigenvalue weighted by molar-refractivity contribution is 8.26. The zero-order valence-electron chi connectivity index (χ0n) is 15.3. The first-order valence-electron chi connectivity index (χ1n) is 9.43. The molecule has 1 saturated heterocycles. The van der Waals surface area contributed by atoms with Gasteiger partial charge in [-0.2, -0.15) is 0 Å². The smallest absolute Gasteiger partial charge is 0.266 e. The number of hydrogen-bond acceptors (Lipinski definition) is 3. The van der Waals surface area contributed by atoms with Crippen LogP contribution in [0.2, 0.25) is 0 Å². The molecular weight excluding hydrogens is 360 g/mol. The van der Waals surface area contributed by atoms with Gasteiger partial charge in [-0.15, -0.1) is 0 Å². The van der Waals surface area contributed by atoms with Crippen molar-refractivity contribution in [2.75, 3.05) is 0 Å². The minimum Gasteiger partial charge on any atom is -0.344 e. The fraction of sp³-hybridized carbons (Fsp3) is 0.429. The standard InChI is InChI=1S/C21H24N2OS2/c1-14(2)22-13-15(17-10-6-7-11-18(17)22)12-19-20(24)23(21(25)26-19)16-8-4-3-5-9-16/h6-7,10-14,16H,3-5,8-9H2,1-2H3/b19-12-. The Balaban J connectivity index is 1.70. The van der Waals surface area contributed by atoms with Gasteiger partial charge >= 0.3 is 0 Å². The van der Waals surface area contributed by atoms with Crippen molar-refractivity contribution < 1.29 is 4.79 Å². The molecule has 0 bridgehead atoms. The van der Waals surface area contributed by atoms with Crippen molar-refractivity contribution in [1.29, 1.82) is 0 Å². The van der Waals surface area contributed by atoms with Crippen LogP contribution >= 0.6 is 24.0 Å². The lowest BCUT2D eigenvalue weighted by Gasteiger charge is -2.29. The summed E-state index contributed by atoms with van der Waals surface area (Å²) in [6.45, 7) is 4.36. The highest BCUT2D eigenvalue weighted by Crippen LogP contribution is 2.38. The number of hydrogen-bond donors (Lipinski definition) is 0. The molecule has 1 saturated carbocycles. The Morgan fingerprint density at radius 2 is 1.92 bits per heavy atom. The summed E-state index contributed by atoms with van der Waals surface area (Å²) in [6, 6.07) is 9.05. The van der Waals surface area contributed by atoms with E-state index < -0.39 is 0 Å². The molecule has 1 aliphatic carbocycles. The SMILES string of the molecule is CC(C)n1cc(/C=C2\SC(=S)N(C3CCCCC3)C2=O)c2ccccc21. The molecule has 2 heterocycles. The number of rotatable bonds is 3. The summed E-state index contributed by atoms with van der Waals surface area (Å²) in [5.41, 5.74) is 2.30. The van der Waals surface area contributed by atoms with E-state index in [9.17, 15) is 4.79 Å². The molecule has 2 aliphatic rings. The van der Waals surface area contributed by atoms with Crippen molar-refractivity contribution in [2.45, 2.75) is 58.0 Å². The number of thiocarbonyl (C=S) groups is 1. The van der Waals surface area contributed by atoms with Crippen LogP contribution in [0.3, 0.4) is 0 Å². The maximum atomic E-state index is 13.0. The third-order valence-electron chi connectivity index (χ3n) is 5.38. The Morgan fingerprint density at radius 1 is 1.19 bits per heavy atom. The summed E-state index contributed by atoms with van der Waals surface area (Å²) in [5, 5.41) is 1.18. The highest BCUT2D eigenvalue weighted by atomic mass is 32.2. The lowest BCUT2D eigenvalue weighted by molar-refractivity contribution is -0.124. The predicted molar refractivity (Wildman–Crippen MR) is 114 cm³/mol. The Bertz CT molecular complexity index is 891. The number of amides is 1. The Hall–Kier alpha value is -1.59. The first-order chi connectivity index (χ1) is 12.6. The van der Waals surface area contributed by atoms with E-state index in [-0.39, 0.29) is 5.91 Å². The Kier molecular flexibility index (Phi) is 4.93. The van der Waals surface area contributed by atoms with E-state index in [2.05, 4.69) is 48.9 Å². The third-order valence-corrected chi connectivity index (χ3v) is 6.71. The molecule has 2 aromatic rings. The quantitative estimate of drug-likeness (QED) is 0.497. The van der Waals surface area contributed by atoms with Crippen LogP contribution in [0, 0.1) is 0 Å². The maximum Gasteiger partial charge on any atom is 0.266 e. The monoisotopic (exact) mass is 384 g/mol. The lowest BCUT2D eigenvalue weighted by Crippen LogP contribution is -2.39. The van der Waals surface area contributed by atoms with Crippen molar-refractivity contribution in [3.05, 3.63) is 40.9 Å². The van der Waals surface area contributed by atoms with E-state index in [4.69, 9.17) is 12.2 Å². The molecule has 26 heavy (non-hydrogen) atoms. The molecule has 1 aromatic carbocycles. The van der Waals surface area contributed by atoms with Gasteiger partial charge in [0.1, 0.15) is 4.32 Å². The second-order valence-corrected chi connectivity index (χ2v) is 9.12. The van der Waals surface area contributed by atoms with Crippen LogP contribution in [-0.2, 0) is 4.79 Å². The van der Waals surface area contributed by atoms with Crippen LogP contribution < -0.4 is 0 Å². The summed E-state index contributed by atoms with van der Waals surface area (Å²) >= 11 is 7.01. The summed E-state index contributed by atoms with van der Waals surface area (Å²) < 4.78 is 2.99. The summed E-state index contributed by atoms with van der Waals surface area (Å²) in [4.78, 5) is 15.7. The number of para-hydroxylation sites is 1. The van der Waals surface area contributed by atoms with Crippen LogP contribution in [0.15, 0.2) is 35.4 Å². The lowest BCUT2D eigenvalue weighted by atomic mass is 9.94. The van der Waals surface area contributed by atoms with E-state index in [0.29, 0.717) is 12.1 Å². The van der Waals surface area contributed by atoms with Gasteiger partial charge in [-0.1, -0.05) is 61.4 Å². The molecule has 136 valence electrons. The molecule has 0 spiro atoms. The molecule has 0 N–H and O–H groups in total. The fourth-order valence-corrected chi connectivity index (χ4v) is 5.44. The van der Waals surface area contributed by atoms with Crippen LogP contribution in [0.5, 0.6) is 0 Å². The molecule has 3 nitrogen and oxygen atoms in total. The number of aromatic nitrogens is 1. The van der Waals surface area contributed by atoms with E-state index >= 15 is 0 Å². The average molecular weight is 385 g/mol. The predicted octanol–water partition coefficient (Wildman–Crippen LogP) is 5.76. The third kappa shape index (κ3) is 3.12. The van der Waals surface area contributed by atoms with Crippen LogP contribution in [0.25, 0.3) is 17.0 Å². The summed E-state index contributed by atoms with van der Waals surface area (Å²) in [6.07, 6.45) is 10.0. The van der Waals surface area contributed by atoms with Crippen molar-refractivity contribution >= 4 is 51.2 Å². The normalized spacial score (nSPS) is 20.9. The molecule has 5 heteroatoms. The van der Waals surface area contributed by atoms with Crippen LogP contribution in [0.1, 0.15) is 57.6 Å². The molecule has 1 aliphatic heterocycles. The molecule has 0 unspecified atom stereocenters. The van der Waals surface area contributed by atoms with Crippen molar-refractivity contribution in [3.8, 4) is 0 Å². The number of carbonyl (C=O) groups is 1. The number of thioether (sulfide) groups is 1. The fourth-order valence-electron chi connectivity index (χ4n) is 4.05. The minimum absolute atomic E-state index is 0.0910. The average Bonchev–Trinajstić information content (AvgIpc) is 3.14. The Labute approximate surface area is 164 Å². The first kappa shape index (κ1) is 17.8. The van der Waals surface area contributed by atoms with E-state index in [1.807, 2.05) is 11.0 Å². The van der Waals surface area contributed by atoms with E-state index in [1.165, 1.54) is 41.9 Å². The van der Waals surface area contributed by atoms with Crippen molar-refractivity contribution in [3.63, 3.8) is 0 Å². The minimum atomic E-state index is 0.0910. The van der Waals surface area contributed by atoms with Gasteiger partial charge in [-0.3, -0.25) is 9.69 Å². The van der Waals surface area contributed by atoms with E-state index in [1.54, 1.807) is 0 Å². The molecule has 0 radical (unpaired) electrons. The zero-order valence-corrected chi connectivity index (χ0v) is 16.9. The van der Waals surface area contributed by atoms with Gasteiger partial charge in [-0.25, -0.2) is 0 Å². The van der Waals surface area contributed by atoms with Gasteiger partial charge in [-0.05, 0) is 38.8 Å². The molecule has 1 aromatic heterocycles. The molecule has 1 amide bonds. The largest absolute Gasteiger partial charge is 0.344 e. The van der Waals surface area contributed by atoms with Gasteiger partial charge < -0.3 is 4.57 Å². The molecule has 2 fully saturated rings. The van der Waals surface area contributed by atoms with Crippen molar-refractivity contribution in [2.24, 2.45) is 0 Å². The van der Waals surface area contributed by atoms with Gasteiger partial charge in [0.2, 0.25) is 0 Å². The number of benzene rings is 1. The summed E-state index contributed by atoms with van der Waals surface area (Å²) in [5.74, 6) is 0.0910. The highest BCUT2D eigenvalue weighted by Gasteiger charge is 2.37. The number of fused-ring (bicyclic) bond motifs is 1. The van der Waals surface area contributed by atoms with Gasteiger partial charge in [0, 0.05) is 34.7 Å². The second kappa shape index (κ2) is 7.20. The van der Waals surface area contributed by atoms with Crippen LogP contribution in [-0.4, -0.2) is 25.7 Å². The van der Waals surface area contributed by atoms with Gasteiger partial charge in [0.15, 0.2) is 0 Å². The van der Waals surface area contributed by atoms with Gasteiger partial charge in [0.05, 0.1) is 4.91 Å². The first-order valence-corrected chi connectivity index (χ1v) is 10.7. The van der Waals surface area contributed by atoms with Crippen molar-refractivity contribution in [1.82, 2.24) is 9.47 Å². The van der Waals surface area contributed by atoms with Gasteiger partial charge in [0.25, 0.3) is 5.91 Å². The zero-order chi connectivity index (χ0) is 18.3. The second-order valence-electron chi connectivity index (χ2n) is 7.45. The topological polar surface area (TPSA) is 25.2 Å². The summed E-state index contributed by atoms with van der Waals surface area (Å²) in [7, 11) is 0. The molecular formula is C21H24N2OS2. The molecule has 4 rings (SSSR count).